The molecule has 4 fully saturated rings. The zero-order valence-electron chi connectivity index (χ0n) is 21.9. The molecular formula is C30H50O. The third kappa shape index (κ3) is 2.54. The normalized spacial score (nSPS) is 55.2. The van der Waals surface area contributed by atoms with E-state index in [-0.39, 0.29) is 11.5 Å². The molecule has 0 aliphatic heterocycles. The molecule has 0 spiro atoms. The molecule has 0 saturated heterocycles. The van der Waals surface area contributed by atoms with Crippen LogP contribution in [0.1, 0.15) is 120 Å². The predicted molar refractivity (Wildman–Crippen MR) is 131 cm³/mol. The van der Waals surface area contributed by atoms with Crippen molar-refractivity contribution >= 4 is 0 Å². The summed E-state index contributed by atoms with van der Waals surface area (Å²) in [7, 11) is 0. The molecule has 0 aromatic heterocycles. The van der Waals surface area contributed by atoms with Crippen molar-refractivity contribution in [3.8, 4) is 0 Å². The van der Waals surface area contributed by atoms with Crippen molar-refractivity contribution in [3.63, 3.8) is 0 Å². The Morgan fingerprint density at radius 2 is 1.45 bits per heavy atom. The largest absolute Gasteiger partial charge is 0.393 e. The minimum Gasteiger partial charge on any atom is -0.393 e. The molecule has 5 rings (SSSR count). The van der Waals surface area contributed by atoms with Gasteiger partial charge >= 0.3 is 0 Å². The van der Waals surface area contributed by atoms with Gasteiger partial charge < -0.3 is 5.11 Å². The van der Waals surface area contributed by atoms with E-state index < -0.39 is 0 Å². The molecule has 0 heterocycles. The van der Waals surface area contributed by atoms with Crippen LogP contribution in [0.25, 0.3) is 0 Å². The summed E-state index contributed by atoms with van der Waals surface area (Å²) in [5.41, 5.74) is 4.02. The van der Waals surface area contributed by atoms with Gasteiger partial charge in [-0.1, -0.05) is 73.5 Å². The van der Waals surface area contributed by atoms with E-state index in [0.29, 0.717) is 33.0 Å². The summed E-state index contributed by atoms with van der Waals surface area (Å²) in [6.45, 7) is 20.6. The lowest BCUT2D eigenvalue weighted by molar-refractivity contribution is -0.196. The number of aliphatic hydroxyl groups excluding tert-OH is 1. The lowest BCUT2D eigenvalue weighted by Crippen LogP contribution is -2.64. The first-order valence-corrected chi connectivity index (χ1v) is 13.6. The van der Waals surface area contributed by atoms with Crippen LogP contribution in [0.4, 0.5) is 0 Å². The topological polar surface area (TPSA) is 20.2 Å². The molecule has 0 bridgehead atoms. The van der Waals surface area contributed by atoms with Crippen LogP contribution >= 0.6 is 0 Å². The number of hydrogen-bond acceptors (Lipinski definition) is 1. The smallest absolute Gasteiger partial charge is 0.0594 e. The van der Waals surface area contributed by atoms with Crippen molar-refractivity contribution < 1.29 is 5.11 Å². The van der Waals surface area contributed by atoms with Crippen molar-refractivity contribution in [1.82, 2.24) is 0 Å². The Bertz CT molecular complexity index is 790. The van der Waals surface area contributed by atoms with Gasteiger partial charge in [0.1, 0.15) is 0 Å². The number of fused-ring (bicyclic) bond motifs is 7. The molecule has 0 amide bonds. The van der Waals surface area contributed by atoms with Crippen molar-refractivity contribution in [1.29, 1.82) is 0 Å². The Morgan fingerprint density at radius 3 is 2.16 bits per heavy atom. The molecule has 1 nitrogen and oxygen atoms in total. The van der Waals surface area contributed by atoms with Crippen LogP contribution in [0.15, 0.2) is 11.6 Å². The van der Waals surface area contributed by atoms with E-state index in [4.69, 9.17) is 0 Å². The molecule has 8 atom stereocenters. The molecule has 5 aliphatic carbocycles. The summed E-state index contributed by atoms with van der Waals surface area (Å²) < 4.78 is 0. The van der Waals surface area contributed by atoms with Crippen molar-refractivity contribution in [3.05, 3.63) is 11.6 Å². The fraction of sp³-hybridized carbons (Fsp3) is 0.933. The maximum Gasteiger partial charge on any atom is 0.0594 e. The van der Waals surface area contributed by atoms with Crippen LogP contribution in [0.3, 0.4) is 0 Å². The van der Waals surface area contributed by atoms with Gasteiger partial charge in [-0.3, -0.25) is 0 Å². The Labute approximate surface area is 192 Å². The Balaban J connectivity index is 1.57. The fourth-order valence-electron chi connectivity index (χ4n) is 10.8. The number of allylic oxidation sites excluding steroid dienone is 2. The summed E-state index contributed by atoms with van der Waals surface area (Å²) in [6.07, 6.45) is 15.8. The third-order valence-electron chi connectivity index (χ3n) is 13.6. The number of hydrogen-bond donors (Lipinski definition) is 1. The lowest BCUT2D eigenvalue weighted by atomic mass is 9.32. The molecule has 0 unspecified atom stereocenters. The molecule has 1 heteroatoms. The van der Waals surface area contributed by atoms with Gasteiger partial charge in [0.2, 0.25) is 0 Å². The van der Waals surface area contributed by atoms with E-state index in [1.165, 1.54) is 57.8 Å². The van der Waals surface area contributed by atoms with Gasteiger partial charge in [0, 0.05) is 0 Å². The van der Waals surface area contributed by atoms with Crippen molar-refractivity contribution in [2.24, 2.45) is 50.2 Å². The summed E-state index contributed by atoms with van der Waals surface area (Å²) >= 11 is 0. The van der Waals surface area contributed by atoms with Gasteiger partial charge in [-0.2, -0.15) is 0 Å². The second-order valence-corrected chi connectivity index (χ2v) is 14.9. The molecule has 4 saturated carbocycles. The maximum atomic E-state index is 10.9. The summed E-state index contributed by atoms with van der Waals surface area (Å²) in [6, 6.07) is 0. The summed E-state index contributed by atoms with van der Waals surface area (Å²) in [4.78, 5) is 0. The molecule has 0 radical (unpaired) electrons. The van der Waals surface area contributed by atoms with Crippen LogP contribution < -0.4 is 0 Å². The molecule has 5 aliphatic rings. The second-order valence-electron chi connectivity index (χ2n) is 14.9. The number of aliphatic hydroxyl groups is 1. The summed E-state index contributed by atoms with van der Waals surface area (Å²) in [5.74, 6) is 2.21. The minimum atomic E-state index is -0.134. The second kappa shape index (κ2) is 6.43. The van der Waals surface area contributed by atoms with E-state index in [1.54, 1.807) is 0 Å². The average molecular weight is 427 g/mol. The van der Waals surface area contributed by atoms with E-state index in [2.05, 4.69) is 61.5 Å². The molecule has 31 heavy (non-hydrogen) atoms. The maximum absolute atomic E-state index is 10.9. The highest BCUT2D eigenvalue weighted by Gasteiger charge is 2.68. The van der Waals surface area contributed by atoms with Crippen molar-refractivity contribution in [2.75, 3.05) is 0 Å². The molecule has 1 N–H and O–H groups in total. The predicted octanol–water partition coefficient (Wildman–Crippen LogP) is 8.17. The van der Waals surface area contributed by atoms with E-state index in [0.717, 1.165) is 18.3 Å². The molecule has 176 valence electrons. The zero-order valence-corrected chi connectivity index (χ0v) is 21.9. The zero-order chi connectivity index (χ0) is 22.7. The van der Waals surface area contributed by atoms with Crippen LogP contribution in [0.5, 0.6) is 0 Å². The van der Waals surface area contributed by atoms with Gasteiger partial charge in [-0.15, -0.1) is 0 Å². The third-order valence-corrected chi connectivity index (χ3v) is 13.6. The fourth-order valence-corrected chi connectivity index (χ4v) is 10.8. The molecule has 0 aromatic rings. The van der Waals surface area contributed by atoms with Gasteiger partial charge in [0.15, 0.2) is 0 Å². The highest BCUT2D eigenvalue weighted by atomic mass is 16.3. The minimum absolute atomic E-state index is 0.0369. The first-order valence-electron chi connectivity index (χ1n) is 13.6. The SMILES string of the molecule is CC1(C)[C@H](O)CC[C@]2(C)[C@H]3CC[C@@]4(C)[C@@H]5CCCC(C)(C)[C@@]5(C)CC[C@]4(C)C3=CC[C@@H]12. The Kier molecular flexibility index (Phi) is 4.66. The Morgan fingerprint density at radius 1 is 0.742 bits per heavy atom. The van der Waals surface area contributed by atoms with Gasteiger partial charge in [0.05, 0.1) is 6.10 Å². The van der Waals surface area contributed by atoms with Gasteiger partial charge in [-0.25, -0.2) is 0 Å². The van der Waals surface area contributed by atoms with E-state index >= 15 is 0 Å². The first kappa shape index (κ1) is 22.5. The van der Waals surface area contributed by atoms with E-state index in [9.17, 15) is 5.11 Å². The van der Waals surface area contributed by atoms with E-state index in [1.807, 2.05) is 5.57 Å². The van der Waals surface area contributed by atoms with Crippen molar-refractivity contribution in [2.45, 2.75) is 126 Å². The monoisotopic (exact) mass is 426 g/mol. The van der Waals surface area contributed by atoms with Gasteiger partial charge in [-0.05, 0) is 108 Å². The molecule has 0 aromatic carbocycles. The summed E-state index contributed by atoms with van der Waals surface area (Å²) in [5, 5.41) is 10.9. The lowest BCUT2D eigenvalue weighted by Gasteiger charge is -2.72. The van der Waals surface area contributed by atoms with Crippen LogP contribution in [-0.4, -0.2) is 11.2 Å². The highest BCUT2D eigenvalue weighted by molar-refractivity contribution is 5.33. The number of rotatable bonds is 0. The van der Waals surface area contributed by atoms with Crippen LogP contribution in [0, 0.1) is 50.2 Å². The average Bonchev–Trinajstić information content (AvgIpc) is 2.68. The Hall–Kier alpha value is -0.300. The highest BCUT2D eigenvalue weighted by Crippen LogP contribution is 2.76. The quantitative estimate of drug-likeness (QED) is 0.387. The van der Waals surface area contributed by atoms with Gasteiger partial charge in [0.25, 0.3) is 0 Å². The standard InChI is InChI=1S/C30H50O/c1-25(2)15-9-10-23-29(25,7)19-18-28(6)21-11-12-22-26(3,4)24(31)14-16-27(22,5)20(21)13-17-30(23,28)8/h11,20,22-24,31H,9-10,12-19H2,1-8H3/t20-,22-,23+,24+,27+,28+,29-,30-/m0/s1. The first-order chi connectivity index (χ1) is 14.2. The molecular weight excluding hydrogens is 376 g/mol. The van der Waals surface area contributed by atoms with Crippen LogP contribution in [-0.2, 0) is 0 Å². The van der Waals surface area contributed by atoms with Crippen LogP contribution in [0.2, 0.25) is 0 Å².